The molecule has 0 atom stereocenters. The van der Waals surface area contributed by atoms with Crippen LogP contribution in [0.2, 0.25) is 0 Å². The maximum atomic E-state index is 11.4. The molecule has 15 heteroatoms. The molecular formula is C18H23F6N3O4S2. The third kappa shape index (κ3) is 8.97. The highest BCUT2D eigenvalue weighted by atomic mass is 32.3. The van der Waals surface area contributed by atoms with Crippen LogP contribution < -0.4 is 4.57 Å². The van der Waals surface area contributed by atoms with Gasteiger partial charge in [0.2, 0.25) is 6.33 Å². The van der Waals surface area contributed by atoms with Crippen LogP contribution in [0.1, 0.15) is 38.2 Å². The summed E-state index contributed by atoms with van der Waals surface area (Å²) in [6.07, 6.45) is 11.7. The van der Waals surface area contributed by atoms with Crippen LogP contribution in [0.4, 0.5) is 26.3 Å². The van der Waals surface area contributed by atoms with Gasteiger partial charge in [-0.2, -0.15) is 26.3 Å². The number of imidazole rings is 1. The smallest absolute Gasteiger partial charge is 0.421 e. The highest BCUT2D eigenvalue weighted by Gasteiger charge is 2.46. The van der Waals surface area contributed by atoms with E-state index in [4.69, 9.17) is 0 Å². The predicted octanol–water partition coefficient (Wildman–Crippen LogP) is 4.71. The zero-order valence-corrected chi connectivity index (χ0v) is 19.3. The molecule has 0 aliphatic carbocycles. The first-order valence-corrected chi connectivity index (χ1v) is 12.4. The first-order valence-electron chi connectivity index (χ1n) is 9.51. The number of sulfonamides is 2. The Kier molecular flexibility index (Phi) is 9.93. The predicted molar refractivity (Wildman–Crippen MR) is 108 cm³/mol. The van der Waals surface area contributed by atoms with Crippen LogP contribution in [0.15, 0.2) is 43.0 Å². The number of alkyl halides is 6. The molecule has 0 fully saturated rings. The fraction of sp³-hybridized carbons (Fsp3) is 0.500. The molecule has 1 aromatic carbocycles. The molecule has 0 saturated carbocycles. The minimum atomic E-state index is -6.72. The van der Waals surface area contributed by atoms with Crippen molar-refractivity contribution in [2.75, 3.05) is 0 Å². The molecule has 0 amide bonds. The third-order valence-corrected chi connectivity index (χ3v) is 6.81. The van der Waals surface area contributed by atoms with Crippen molar-refractivity contribution in [1.82, 2.24) is 4.57 Å². The molecule has 0 saturated heterocycles. The lowest BCUT2D eigenvalue weighted by molar-refractivity contribution is -0.696. The van der Waals surface area contributed by atoms with Crippen molar-refractivity contribution in [3.8, 4) is 5.69 Å². The van der Waals surface area contributed by atoms with E-state index in [1.165, 1.54) is 36.9 Å². The van der Waals surface area contributed by atoms with E-state index in [0.717, 1.165) is 10.7 Å². The average molecular weight is 524 g/mol. The summed E-state index contributed by atoms with van der Waals surface area (Å²) in [7, 11) is -13.4. The van der Waals surface area contributed by atoms with E-state index in [9.17, 15) is 43.2 Å². The van der Waals surface area contributed by atoms with Gasteiger partial charge in [0.05, 0.1) is 6.54 Å². The maximum absolute atomic E-state index is 11.4. The molecule has 2 aromatic rings. The number of nitrogens with zero attached hydrogens (tertiary/aromatic N) is 3. The summed E-state index contributed by atoms with van der Waals surface area (Å²) in [5.41, 5.74) is -9.87. The van der Waals surface area contributed by atoms with Crippen molar-refractivity contribution in [3.05, 3.63) is 52.7 Å². The lowest BCUT2D eigenvalue weighted by atomic mass is 10.2. The molecule has 1 aromatic heterocycles. The minimum Gasteiger partial charge on any atom is -0.421 e. The minimum absolute atomic E-state index is 0.778. The molecule has 0 aliphatic heterocycles. The monoisotopic (exact) mass is 523 g/mol. The lowest BCUT2D eigenvalue weighted by Gasteiger charge is -2.22. The average Bonchev–Trinajstić information content (AvgIpc) is 3.13. The molecule has 188 valence electrons. The van der Waals surface area contributed by atoms with E-state index < -0.39 is 31.1 Å². The van der Waals surface area contributed by atoms with Crippen LogP contribution in [0.25, 0.3) is 9.81 Å². The third-order valence-electron chi connectivity index (χ3n) is 4.07. The van der Waals surface area contributed by atoms with E-state index in [-0.39, 0.29) is 0 Å². The highest BCUT2D eigenvalue weighted by Crippen LogP contribution is 2.36. The number of hydrogen-bond donors (Lipinski definition) is 0. The van der Waals surface area contributed by atoms with Crippen LogP contribution in [0, 0.1) is 6.92 Å². The van der Waals surface area contributed by atoms with Gasteiger partial charge >= 0.3 is 11.0 Å². The first-order chi connectivity index (χ1) is 15.0. The van der Waals surface area contributed by atoms with Gasteiger partial charge in [0.1, 0.15) is 18.1 Å². The summed E-state index contributed by atoms with van der Waals surface area (Å²) < 4.78 is 114. The molecule has 0 N–H and O–H groups in total. The van der Waals surface area contributed by atoms with Crippen molar-refractivity contribution in [3.63, 3.8) is 0 Å². The summed E-state index contributed by atoms with van der Waals surface area (Å²) in [6, 6.07) is 8.63. The van der Waals surface area contributed by atoms with Crippen molar-refractivity contribution in [2.24, 2.45) is 0 Å². The van der Waals surface area contributed by atoms with E-state index >= 15 is 0 Å². The zero-order chi connectivity index (χ0) is 25.5. The molecule has 0 bridgehead atoms. The second-order valence-electron chi connectivity index (χ2n) is 6.87. The fourth-order valence-electron chi connectivity index (χ4n) is 2.33. The van der Waals surface area contributed by atoms with Crippen LogP contribution in [0.3, 0.4) is 0 Å². The van der Waals surface area contributed by atoms with E-state index in [1.54, 1.807) is 0 Å². The molecular weight excluding hydrogens is 500 g/mol. The zero-order valence-electron chi connectivity index (χ0n) is 17.6. The largest absolute Gasteiger partial charge is 0.480 e. The van der Waals surface area contributed by atoms with Gasteiger partial charge in [0, 0.05) is 0 Å². The van der Waals surface area contributed by atoms with Crippen LogP contribution in [0.5, 0.6) is 0 Å². The van der Waals surface area contributed by atoms with Crippen molar-refractivity contribution in [1.29, 1.82) is 0 Å². The van der Waals surface area contributed by atoms with Gasteiger partial charge in [0.25, 0.3) is 0 Å². The fourth-order valence-corrected chi connectivity index (χ4v) is 4.04. The van der Waals surface area contributed by atoms with E-state index in [0.29, 0.717) is 0 Å². The Bertz CT molecular complexity index is 1050. The Labute approximate surface area is 188 Å². The molecule has 2 rings (SSSR count). The Morgan fingerprint density at radius 3 is 1.85 bits per heavy atom. The summed E-state index contributed by atoms with van der Waals surface area (Å²) in [6.45, 7) is 5.49. The van der Waals surface area contributed by atoms with Crippen LogP contribution >= 0.6 is 0 Å². The Balaban J connectivity index is 0.000000337. The summed E-state index contributed by atoms with van der Waals surface area (Å²) in [4.78, 5) is 0. The molecule has 0 aliphatic rings. The van der Waals surface area contributed by atoms with Gasteiger partial charge in [0.15, 0.2) is 20.0 Å². The first kappa shape index (κ1) is 28.9. The maximum Gasteiger partial charge on any atom is 0.480 e. The van der Waals surface area contributed by atoms with Gasteiger partial charge in [-0.1, -0.05) is 37.5 Å². The topological polar surface area (TPSA) is 91.2 Å². The van der Waals surface area contributed by atoms with Crippen molar-refractivity contribution in [2.45, 2.75) is 57.1 Å². The second-order valence-corrected chi connectivity index (χ2v) is 10.3. The molecule has 33 heavy (non-hydrogen) atoms. The van der Waals surface area contributed by atoms with Crippen LogP contribution in [-0.2, 0) is 26.6 Å². The molecule has 0 radical (unpaired) electrons. The van der Waals surface area contributed by atoms with Gasteiger partial charge in [-0.05, 0) is 31.9 Å². The van der Waals surface area contributed by atoms with Crippen molar-refractivity contribution < 1.29 is 47.7 Å². The highest BCUT2D eigenvalue weighted by molar-refractivity contribution is 8.13. The number of unbranched alkanes of at least 4 members (excludes halogenated alkanes) is 3. The normalized spacial score (nSPS) is 12.8. The molecule has 7 nitrogen and oxygen atoms in total. The van der Waals surface area contributed by atoms with Gasteiger partial charge in [-0.15, -0.1) is 0 Å². The number of benzene rings is 1. The number of halogens is 6. The van der Waals surface area contributed by atoms with E-state index in [2.05, 4.69) is 66.0 Å². The number of hydrogen-bond acceptors (Lipinski definition) is 4. The number of aromatic nitrogens is 2. The quantitative estimate of drug-likeness (QED) is 0.285. The molecule has 0 spiro atoms. The van der Waals surface area contributed by atoms with Crippen molar-refractivity contribution >= 4 is 20.0 Å². The molecule has 0 unspecified atom stereocenters. The summed E-state index contributed by atoms with van der Waals surface area (Å²) in [5, 5.41) is 0. The Morgan fingerprint density at radius 2 is 1.39 bits per heavy atom. The number of rotatable bonds is 8. The van der Waals surface area contributed by atoms with Gasteiger partial charge < -0.3 is 4.13 Å². The SMILES string of the molecule is CCCCCC[n+]1ccn(-c2ccc(C)cc2)c1.O=S(=O)([N-]S(=O)(=O)C(F)(F)F)C(F)(F)F. The Hall–Kier alpha value is -2.13. The summed E-state index contributed by atoms with van der Waals surface area (Å²) >= 11 is 0. The van der Waals surface area contributed by atoms with Crippen LogP contribution in [-0.4, -0.2) is 32.4 Å². The standard InChI is InChI=1S/C16H23N2.C2F6NO4S2/c1-3-4-5-6-11-17-12-13-18(14-17)16-9-7-15(2)8-10-16;3-1(4,5)14(10,11)9-15(12,13)2(6,7)8/h7-10,12-14H,3-6,11H2,1-2H3;/q+1;-1. The molecule has 1 heterocycles. The van der Waals surface area contributed by atoms with E-state index in [1.807, 2.05) is 0 Å². The van der Waals surface area contributed by atoms with Gasteiger partial charge in [-0.25, -0.2) is 26.0 Å². The Morgan fingerprint density at radius 1 is 0.879 bits per heavy atom. The van der Waals surface area contributed by atoms with Gasteiger partial charge in [-0.3, -0.25) is 0 Å². The summed E-state index contributed by atoms with van der Waals surface area (Å²) in [5.74, 6) is 0. The second kappa shape index (κ2) is 11.3. The lowest BCUT2D eigenvalue weighted by Crippen LogP contribution is -2.30. The number of aryl methyl sites for hydroxylation is 2.